The summed E-state index contributed by atoms with van der Waals surface area (Å²) < 4.78 is 1.79. The lowest BCUT2D eigenvalue weighted by atomic mass is 9.92. The molecule has 0 aliphatic carbocycles. The molecule has 0 spiro atoms. The molecule has 0 amide bonds. The average Bonchev–Trinajstić information content (AvgIpc) is 3.23. The molecule has 0 aliphatic rings. The average molecular weight is 448 g/mol. The van der Waals surface area contributed by atoms with Crippen LogP contribution in [0, 0.1) is 18.3 Å². The van der Waals surface area contributed by atoms with Crippen molar-refractivity contribution in [3.8, 4) is 28.5 Å². The minimum absolute atomic E-state index is 0.259. The van der Waals surface area contributed by atoms with E-state index in [2.05, 4.69) is 53.4 Å². The summed E-state index contributed by atoms with van der Waals surface area (Å²) in [7, 11) is 0. The van der Waals surface area contributed by atoms with Gasteiger partial charge in [-0.1, -0.05) is 43.3 Å². The van der Waals surface area contributed by atoms with E-state index in [0.29, 0.717) is 12.0 Å². The van der Waals surface area contributed by atoms with E-state index < -0.39 is 0 Å². The van der Waals surface area contributed by atoms with Crippen LogP contribution in [0.1, 0.15) is 43.0 Å². The lowest BCUT2D eigenvalue weighted by Crippen LogP contribution is -2.05. The van der Waals surface area contributed by atoms with Crippen LogP contribution in [0.25, 0.3) is 39.1 Å². The molecule has 2 atom stereocenters. The monoisotopic (exact) mass is 447 g/mol. The van der Waals surface area contributed by atoms with Gasteiger partial charge in [0.1, 0.15) is 0 Å². The van der Waals surface area contributed by atoms with Crippen molar-refractivity contribution in [3.05, 3.63) is 83.7 Å². The van der Waals surface area contributed by atoms with E-state index in [1.54, 1.807) is 4.52 Å². The summed E-state index contributed by atoms with van der Waals surface area (Å²) in [5, 5.41) is 24.5. The van der Waals surface area contributed by atoms with Crippen LogP contribution in [-0.2, 0) is 0 Å². The van der Waals surface area contributed by atoms with Crippen LogP contribution in [0.4, 0.5) is 0 Å². The number of aryl methyl sites for hydroxylation is 1. The molecular formula is C28H25N5O. The van der Waals surface area contributed by atoms with E-state index in [4.69, 9.17) is 4.98 Å². The van der Waals surface area contributed by atoms with Crippen molar-refractivity contribution in [1.29, 1.82) is 5.26 Å². The summed E-state index contributed by atoms with van der Waals surface area (Å²) in [6.45, 7) is 5.89. The van der Waals surface area contributed by atoms with Gasteiger partial charge in [0.2, 0.25) is 0 Å². The highest BCUT2D eigenvalue weighted by Gasteiger charge is 2.16. The molecule has 6 nitrogen and oxygen atoms in total. The fraction of sp³-hybridized carbons (Fsp3) is 0.214. The summed E-state index contributed by atoms with van der Waals surface area (Å²) in [6, 6.07) is 22.1. The predicted octanol–water partition coefficient (Wildman–Crippen LogP) is 5.67. The summed E-state index contributed by atoms with van der Waals surface area (Å²) in [5.41, 5.74) is 7.96. The van der Waals surface area contributed by atoms with Crippen molar-refractivity contribution in [2.75, 3.05) is 0 Å². The second kappa shape index (κ2) is 8.69. The number of aliphatic hydroxyl groups excluding tert-OH is 1. The van der Waals surface area contributed by atoms with E-state index in [0.717, 1.165) is 44.8 Å². The largest absolute Gasteiger partial charge is 0.393 e. The zero-order valence-electron chi connectivity index (χ0n) is 19.4. The van der Waals surface area contributed by atoms with Crippen molar-refractivity contribution in [3.63, 3.8) is 0 Å². The Morgan fingerprint density at radius 3 is 2.38 bits per heavy atom. The van der Waals surface area contributed by atoms with Crippen LogP contribution in [0.3, 0.4) is 0 Å². The lowest BCUT2D eigenvalue weighted by Gasteiger charge is -2.15. The molecule has 2 unspecified atom stereocenters. The van der Waals surface area contributed by atoms with Gasteiger partial charge >= 0.3 is 0 Å². The Balaban J connectivity index is 1.70. The molecule has 5 aromatic rings. The Hall–Kier alpha value is -4.08. The van der Waals surface area contributed by atoms with Crippen molar-refractivity contribution in [2.24, 2.45) is 0 Å². The Bertz CT molecular complexity index is 1530. The molecule has 0 fully saturated rings. The van der Waals surface area contributed by atoms with E-state index in [1.807, 2.05) is 50.4 Å². The van der Waals surface area contributed by atoms with Crippen LogP contribution in [-0.4, -0.2) is 30.8 Å². The van der Waals surface area contributed by atoms with Crippen molar-refractivity contribution >= 4 is 16.7 Å². The normalized spacial score (nSPS) is 13.1. The van der Waals surface area contributed by atoms with Gasteiger partial charge in [-0.2, -0.15) is 14.9 Å². The number of nitriles is 1. The third-order valence-electron chi connectivity index (χ3n) is 6.15. The highest BCUT2D eigenvalue weighted by atomic mass is 16.3. The van der Waals surface area contributed by atoms with Crippen LogP contribution in [0.15, 0.2) is 66.9 Å². The van der Waals surface area contributed by atoms with Crippen LogP contribution >= 0.6 is 0 Å². The van der Waals surface area contributed by atoms with E-state index in [-0.39, 0.29) is 12.0 Å². The van der Waals surface area contributed by atoms with Crippen LogP contribution in [0.2, 0.25) is 0 Å². The summed E-state index contributed by atoms with van der Waals surface area (Å²) in [4.78, 5) is 9.63. The molecule has 0 saturated carbocycles. The lowest BCUT2D eigenvalue weighted by molar-refractivity contribution is 0.176. The molecule has 2 aromatic carbocycles. The molecule has 0 bridgehead atoms. The zero-order valence-corrected chi connectivity index (χ0v) is 19.4. The van der Waals surface area contributed by atoms with Gasteiger partial charge in [-0.15, -0.1) is 0 Å². The topological polar surface area (TPSA) is 87.1 Å². The van der Waals surface area contributed by atoms with Crippen molar-refractivity contribution in [1.82, 2.24) is 19.6 Å². The molecule has 3 aromatic heterocycles. The van der Waals surface area contributed by atoms with Gasteiger partial charge in [-0.3, -0.25) is 0 Å². The Kier molecular flexibility index (Phi) is 5.56. The predicted molar refractivity (Wildman–Crippen MR) is 133 cm³/mol. The van der Waals surface area contributed by atoms with Crippen LogP contribution < -0.4 is 0 Å². The molecular weight excluding hydrogens is 422 g/mol. The highest BCUT2D eigenvalue weighted by Crippen LogP contribution is 2.34. The molecule has 0 aliphatic heterocycles. The molecule has 168 valence electrons. The molecule has 5 rings (SSSR count). The second-order valence-corrected chi connectivity index (χ2v) is 8.91. The summed E-state index contributed by atoms with van der Waals surface area (Å²) in [6.07, 6.45) is 2.21. The molecule has 1 N–H and O–H groups in total. The number of hydrogen-bond acceptors (Lipinski definition) is 5. The molecule has 3 heterocycles. The fourth-order valence-corrected chi connectivity index (χ4v) is 4.43. The summed E-state index contributed by atoms with van der Waals surface area (Å²) in [5.74, 6) is 0.259. The zero-order chi connectivity index (χ0) is 23.8. The molecule has 34 heavy (non-hydrogen) atoms. The van der Waals surface area contributed by atoms with Gasteiger partial charge in [-0.25, -0.2) is 9.97 Å². The van der Waals surface area contributed by atoms with Gasteiger partial charge in [0, 0.05) is 28.8 Å². The number of benzene rings is 2. The van der Waals surface area contributed by atoms with E-state index >= 15 is 0 Å². The number of pyridine rings is 1. The molecule has 0 radical (unpaired) electrons. The first-order valence-electron chi connectivity index (χ1n) is 11.4. The third kappa shape index (κ3) is 4.02. The van der Waals surface area contributed by atoms with Crippen molar-refractivity contribution in [2.45, 2.75) is 39.2 Å². The SMILES string of the molecule is Cc1cc2ncc3cc(-c4ccc(C#N)cc4)c(-c4ccc(C(C)CC(C)O)cc4)nc3n2n1. The minimum atomic E-state index is -0.339. The first kappa shape index (κ1) is 21.7. The summed E-state index contributed by atoms with van der Waals surface area (Å²) >= 11 is 0. The Morgan fingerprint density at radius 1 is 1.00 bits per heavy atom. The number of aromatic nitrogens is 4. The first-order valence-corrected chi connectivity index (χ1v) is 11.4. The number of fused-ring (bicyclic) bond motifs is 3. The Labute approximate surface area is 198 Å². The van der Waals surface area contributed by atoms with Crippen molar-refractivity contribution < 1.29 is 5.11 Å². The molecule has 6 heteroatoms. The quantitative estimate of drug-likeness (QED) is 0.375. The molecule has 0 saturated heterocycles. The first-order chi connectivity index (χ1) is 16.4. The van der Waals surface area contributed by atoms with Gasteiger partial charge in [0.25, 0.3) is 0 Å². The minimum Gasteiger partial charge on any atom is -0.393 e. The highest BCUT2D eigenvalue weighted by molar-refractivity contribution is 5.90. The van der Waals surface area contributed by atoms with Gasteiger partial charge in [0.05, 0.1) is 29.1 Å². The maximum absolute atomic E-state index is 9.76. The van der Waals surface area contributed by atoms with E-state index in [1.165, 1.54) is 5.56 Å². The van der Waals surface area contributed by atoms with Gasteiger partial charge in [0.15, 0.2) is 11.3 Å². The standard InChI is InChI=1S/C28H25N5O/c1-17(12-19(3)34)21-8-10-23(11-9-21)27-25(22-6-4-20(15-29)5-7-22)14-24-16-30-26-13-18(2)32-33(26)28(24)31-27/h4-11,13-14,16-17,19,34H,12H2,1-3H3. The Morgan fingerprint density at radius 2 is 1.71 bits per heavy atom. The maximum Gasteiger partial charge on any atom is 0.165 e. The second-order valence-electron chi connectivity index (χ2n) is 8.91. The number of nitrogens with zero attached hydrogens (tertiary/aromatic N) is 5. The fourth-order valence-electron chi connectivity index (χ4n) is 4.43. The van der Waals surface area contributed by atoms with Crippen LogP contribution in [0.5, 0.6) is 0 Å². The van der Waals surface area contributed by atoms with E-state index in [9.17, 15) is 10.4 Å². The number of aliphatic hydroxyl groups is 1. The maximum atomic E-state index is 9.76. The third-order valence-corrected chi connectivity index (χ3v) is 6.15. The van der Waals surface area contributed by atoms with Gasteiger partial charge in [-0.05, 0) is 55.5 Å². The smallest absolute Gasteiger partial charge is 0.165 e. The number of rotatable bonds is 5. The van der Waals surface area contributed by atoms with Gasteiger partial charge < -0.3 is 5.11 Å². The number of hydrogen-bond donors (Lipinski definition) is 1.